The number of rotatable bonds is 7. The maximum atomic E-state index is 14.7. The van der Waals surface area contributed by atoms with Gasteiger partial charge in [-0.25, -0.2) is 14.4 Å². The number of benzene rings is 3. The Balaban J connectivity index is 1.90. The van der Waals surface area contributed by atoms with Crippen molar-refractivity contribution in [2.24, 2.45) is 0 Å². The number of hydrogen-bond acceptors (Lipinski definition) is 6. The number of nitrogens with one attached hydrogen (secondary N) is 2. The van der Waals surface area contributed by atoms with E-state index in [4.69, 9.17) is 11.6 Å². The number of carbonyl (C=O) groups is 1. The largest absolute Gasteiger partial charge is 0.337 e. The Labute approximate surface area is 212 Å². The number of nitriles is 1. The summed E-state index contributed by atoms with van der Waals surface area (Å²) in [6, 6.07) is 17.2. The summed E-state index contributed by atoms with van der Waals surface area (Å²) in [7, 11) is 3.81. The number of anilines is 3. The van der Waals surface area contributed by atoms with Gasteiger partial charge in [0.1, 0.15) is 12.1 Å². The highest BCUT2D eigenvalue weighted by atomic mass is 35.5. The molecule has 0 saturated heterocycles. The van der Waals surface area contributed by atoms with E-state index in [1.165, 1.54) is 18.5 Å². The Hall–Kier alpha value is -4.32. The highest BCUT2D eigenvalue weighted by molar-refractivity contribution is 6.31. The third-order valence-corrected chi connectivity index (χ3v) is 5.58. The first-order valence-electron chi connectivity index (χ1n) is 11.0. The van der Waals surface area contributed by atoms with Gasteiger partial charge in [0, 0.05) is 23.9 Å². The van der Waals surface area contributed by atoms with Crippen LogP contribution in [0.4, 0.5) is 21.6 Å². The van der Waals surface area contributed by atoms with Crippen molar-refractivity contribution in [3.8, 4) is 17.2 Å². The molecule has 180 valence electrons. The Morgan fingerprint density at radius 1 is 1.14 bits per heavy atom. The minimum atomic E-state index is -0.616. The van der Waals surface area contributed by atoms with Crippen LogP contribution in [0.25, 0.3) is 22.0 Å². The van der Waals surface area contributed by atoms with E-state index in [0.29, 0.717) is 45.6 Å². The van der Waals surface area contributed by atoms with Crippen molar-refractivity contribution in [1.82, 2.24) is 14.9 Å². The molecule has 3 aromatic carbocycles. The van der Waals surface area contributed by atoms with Crippen LogP contribution in [0.1, 0.15) is 5.56 Å². The van der Waals surface area contributed by atoms with Gasteiger partial charge >= 0.3 is 0 Å². The first-order valence-corrected chi connectivity index (χ1v) is 11.4. The zero-order valence-corrected chi connectivity index (χ0v) is 20.3. The molecule has 4 rings (SSSR count). The molecule has 0 saturated carbocycles. The highest BCUT2D eigenvalue weighted by Crippen LogP contribution is 2.39. The Morgan fingerprint density at radius 3 is 2.72 bits per heavy atom. The predicted molar refractivity (Wildman–Crippen MR) is 141 cm³/mol. The number of hydrogen-bond donors (Lipinski definition) is 2. The fourth-order valence-electron chi connectivity index (χ4n) is 3.67. The lowest BCUT2D eigenvalue weighted by Gasteiger charge is -2.17. The van der Waals surface area contributed by atoms with Crippen LogP contribution in [0, 0.1) is 17.1 Å². The van der Waals surface area contributed by atoms with E-state index in [1.807, 2.05) is 25.1 Å². The van der Waals surface area contributed by atoms with Gasteiger partial charge in [0.15, 0.2) is 5.82 Å². The molecule has 0 atom stereocenters. The van der Waals surface area contributed by atoms with Gasteiger partial charge in [0.2, 0.25) is 5.91 Å². The number of carbonyl (C=O) groups excluding carboxylic acids is 1. The molecular weight excluding hydrogens is 479 g/mol. The number of halogens is 2. The summed E-state index contributed by atoms with van der Waals surface area (Å²) in [5.41, 5.74) is 2.89. The number of likely N-dealkylation sites (N-methyl/N-ethyl adjacent to an activating group) is 1. The van der Waals surface area contributed by atoms with E-state index in [-0.39, 0.29) is 16.6 Å². The van der Waals surface area contributed by atoms with Gasteiger partial charge in [-0.2, -0.15) is 5.26 Å². The van der Waals surface area contributed by atoms with E-state index in [9.17, 15) is 14.4 Å². The lowest BCUT2D eigenvalue weighted by molar-refractivity contribution is -0.111. The lowest BCUT2D eigenvalue weighted by atomic mass is 9.97. The second kappa shape index (κ2) is 11.0. The van der Waals surface area contributed by atoms with Crippen LogP contribution in [0.2, 0.25) is 5.02 Å². The molecule has 0 aliphatic heterocycles. The molecule has 0 bridgehead atoms. The molecular formula is C27H22ClFN6O. The summed E-state index contributed by atoms with van der Waals surface area (Å²) in [5, 5.41) is 15.9. The molecule has 2 N–H and O–H groups in total. The zero-order valence-electron chi connectivity index (χ0n) is 19.6. The Bertz CT molecular complexity index is 1510. The fraction of sp³-hybridized carbons (Fsp3) is 0.111. The number of aromatic nitrogens is 2. The van der Waals surface area contributed by atoms with Gasteiger partial charge in [-0.3, -0.25) is 4.79 Å². The van der Waals surface area contributed by atoms with Crippen molar-refractivity contribution >= 4 is 45.6 Å². The number of fused-ring (bicyclic) bond motifs is 1. The van der Waals surface area contributed by atoms with Gasteiger partial charge in [-0.15, -0.1) is 0 Å². The summed E-state index contributed by atoms with van der Waals surface area (Å²) >= 11 is 5.97. The van der Waals surface area contributed by atoms with Gasteiger partial charge in [-0.05, 0) is 56.1 Å². The van der Waals surface area contributed by atoms with Crippen molar-refractivity contribution in [2.45, 2.75) is 0 Å². The standard InChI is InChI=1S/C27H22ClFN6O/c1-35(2)13-5-10-23(36)33-21-12-11-20-25(24(21)18-7-3-6-17(14-18)15-30)27(32-16-31-20)34-22-9-4-8-19(28)26(22)29/h3-12,14,16H,13H2,1-2H3,(H,33,36)(H,31,32,34)/b10-5+. The Kier molecular flexibility index (Phi) is 7.54. The summed E-state index contributed by atoms with van der Waals surface area (Å²) in [5.74, 6) is -0.617. The van der Waals surface area contributed by atoms with Gasteiger partial charge in [0.05, 0.1) is 33.2 Å². The average molecular weight is 501 g/mol. The summed E-state index contributed by atoms with van der Waals surface area (Å²) in [6.45, 7) is 0.606. The maximum absolute atomic E-state index is 14.7. The van der Waals surface area contributed by atoms with Crippen LogP contribution in [-0.2, 0) is 4.79 Å². The monoisotopic (exact) mass is 500 g/mol. The topological polar surface area (TPSA) is 93.9 Å². The minimum Gasteiger partial charge on any atom is -0.337 e. The van der Waals surface area contributed by atoms with Gasteiger partial charge in [0.25, 0.3) is 0 Å². The van der Waals surface area contributed by atoms with Crippen molar-refractivity contribution in [3.63, 3.8) is 0 Å². The number of amides is 1. The average Bonchev–Trinajstić information content (AvgIpc) is 2.86. The van der Waals surface area contributed by atoms with E-state index >= 15 is 0 Å². The molecule has 1 heterocycles. The molecule has 1 aromatic heterocycles. The predicted octanol–water partition coefficient (Wildman–Crippen LogP) is 5.76. The van der Waals surface area contributed by atoms with Crippen molar-refractivity contribution < 1.29 is 9.18 Å². The quantitative estimate of drug-likeness (QED) is 0.313. The molecule has 0 aliphatic carbocycles. The molecule has 0 radical (unpaired) electrons. The molecule has 0 aliphatic rings. The van der Waals surface area contributed by atoms with Gasteiger partial charge < -0.3 is 15.5 Å². The van der Waals surface area contributed by atoms with Crippen LogP contribution in [0.3, 0.4) is 0 Å². The van der Waals surface area contributed by atoms with Crippen LogP contribution < -0.4 is 10.6 Å². The highest BCUT2D eigenvalue weighted by Gasteiger charge is 2.18. The summed E-state index contributed by atoms with van der Waals surface area (Å²) in [6.07, 6.45) is 4.58. The first-order chi connectivity index (χ1) is 17.4. The minimum absolute atomic E-state index is 0.0298. The SMILES string of the molecule is CN(C)C/C=C/C(=O)Nc1ccc2ncnc(Nc3cccc(Cl)c3F)c2c1-c1cccc(C#N)c1. The summed E-state index contributed by atoms with van der Waals surface area (Å²) in [4.78, 5) is 23.4. The van der Waals surface area contributed by atoms with Gasteiger partial charge in [-0.1, -0.05) is 35.9 Å². The smallest absolute Gasteiger partial charge is 0.248 e. The molecule has 0 spiro atoms. The van der Waals surface area contributed by atoms with Crippen molar-refractivity contribution in [1.29, 1.82) is 5.26 Å². The number of nitrogens with zero attached hydrogens (tertiary/aromatic N) is 4. The van der Waals surface area contributed by atoms with E-state index < -0.39 is 5.82 Å². The molecule has 7 nitrogen and oxygen atoms in total. The van der Waals surface area contributed by atoms with Crippen LogP contribution in [0.15, 0.2) is 73.1 Å². The van der Waals surface area contributed by atoms with E-state index in [0.717, 1.165) is 0 Å². The molecule has 9 heteroatoms. The zero-order chi connectivity index (χ0) is 25.7. The van der Waals surface area contributed by atoms with Crippen LogP contribution in [-0.4, -0.2) is 41.4 Å². The van der Waals surface area contributed by atoms with E-state index in [1.54, 1.807) is 48.5 Å². The third-order valence-electron chi connectivity index (χ3n) is 5.29. The Morgan fingerprint density at radius 2 is 1.94 bits per heavy atom. The maximum Gasteiger partial charge on any atom is 0.248 e. The van der Waals surface area contributed by atoms with E-state index in [2.05, 4.69) is 26.7 Å². The fourth-order valence-corrected chi connectivity index (χ4v) is 3.84. The normalized spacial score (nSPS) is 11.1. The van der Waals surface area contributed by atoms with Crippen molar-refractivity contribution in [3.05, 3.63) is 89.5 Å². The second-order valence-electron chi connectivity index (χ2n) is 8.18. The van der Waals surface area contributed by atoms with Crippen molar-refractivity contribution in [2.75, 3.05) is 31.3 Å². The molecule has 36 heavy (non-hydrogen) atoms. The van der Waals surface area contributed by atoms with Crippen LogP contribution in [0.5, 0.6) is 0 Å². The molecule has 0 unspecified atom stereocenters. The third kappa shape index (κ3) is 5.49. The summed E-state index contributed by atoms with van der Waals surface area (Å²) < 4.78 is 14.7. The first kappa shape index (κ1) is 24.8. The molecule has 4 aromatic rings. The van der Waals surface area contributed by atoms with Crippen LogP contribution >= 0.6 is 11.6 Å². The molecule has 0 fully saturated rings. The molecule has 1 amide bonds. The second-order valence-corrected chi connectivity index (χ2v) is 8.58. The lowest BCUT2D eigenvalue weighted by Crippen LogP contribution is -2.13.